The topological polar surface area (TPSA) is 59.2 Å². The SMILES string of the molecule is CCCC(N)C(=O)N(Cc1ccccn1)C(C)C. The molecule has 1 aromatic rings. The van der Waals surface area contributed by atoms with Crippen LogP contribution >= 0.6 is 0 Å². The van der Waals surface area contributed by atoms with E-state index >= 15 is 0 Å². The van der Waals surface area contributed by atoms with Crippen molar-refractivity contribution in [2.75, 3.05) is 0 Å². The predicted molar refractivity (Wildman–Crippen MR) is 72.8 cm³/mol. The van der Waals surface area contributed by atoms with Crippen LogP contribution in [0.1, 0.15) is 39.3 Å². The van der Waals surface area contributed by atoms with E-state index in [-0.39, 0.29) is 11.9 Å². The molecule has 0 aliphatic rings. The van der Waals surface area contributed by atoms with Gasteiger partial charge in [0.05, 0.1) is 18.3 Å². The van der Waals surface area contributed by atoms with Crippen LogP contribution < -0.4 is 5.73 Å². The number of rotatable bonds is 6. The molecule has 4 heteroatoms. The van der Waals surface area contributed by atoms with Crippen molar-refractivity contribution in [1.29, 1.82) is 0 Å². The molecule has 1 aromatic heterocycles. The molecule has 1 unspecified atom stereocenters. The van der Waals surface area contributed by atoms with Crippen LogP contribution in [-0.2, 0) is 11.3 Å². The van der Waals surface area contributed by atoms with E-state index in [1.54, 1.807) is 11.1 Å². The molecular weight excluding hydrogens is 226 g/mol. The Labute approximate surface area is 109 Å². The first-order valence-corrected chi connectivity index (χ1v) is 6.52. The summed E-state index contributed by atoms with van der Waals surface area (Å²) in [5.41, 5.74) is 6.80. The van der Waals surface area contributed by atoms with Gasteiger partial charge >= 0.3 is 0 Å². The first kappa shape index (κ1) is 14.6. The Hall–Kier alpha value is -1.42. The smallest absolute Gasteiger partial charge is 0.240 e. The number of carbonyl (C=O) groups excluding carboxylic acids is 1. The lowest BCUT2D eigenvalue weighted by Crippen LogP contribution is -2.46. The second-order valence-corrected chi connectivity index (χ2v) is 4.78. The van der Waals surface area contributed by atoms with Crippen molar-refractivity contribution in [2.45, 2.75) is 52.2 Å². The molecule has 0 spiro atoms. The summed E-state index contributed by atoms with van der Waals surface area (Å²) in [5.74, 6) is 0.0116. The molecule has 0 aliphatic heterocycles. The van der Waals surface area contributed by atoms with Crippen LogP contribution in [0.2, 0.25) is 0 Å². The fourth-order valence-electron chi connectivity index (χ4n) is 1.83. The number of hydrogen-bond acceptors (Lipinski definition) is 3. The molecule has 0 fully saturated rings. The fourth-order valence-corrected chi connectivity index (χ4v) is 1.83. The van der Waals surface area contributed by atoms with Gasteiger partial charge < -0.3 is 10.6 Å². The molecule has 0 saturated heterocycles. The van der Waals surface area contributed by atoms with Crippen LogP contribution in [-0.4, -0.2) is 27.9 Å². The number of nitrogens with two attached hydrogens (primary N) is 1. The largest absolute Gasteiger partial charge is 0.333 e. The zero-order chi connectivity index (χ0) is 13.5. The lowest BCUT2D eigenvalue weighted by molar-refractivity contribution is -0.135. The highest BCUT2D eigenvalue weighted by Crippen LogP contribution is 2.09. The number of hydrogen-bond donors (Lipinski definition) is 1. The van der Waals surface area contributed by atoms with Gasteiger partial charge in [-0.05, 0) is 32.4 Å². The minimum Gasteiger partial charge on any atom is -0.333 e. The number of nitrogens with zero attached hydrogens (tertiary/aromatic N) is 2. The standard InChI is InChI=1S/C14H23N3O/c1-4-7-13(15)14(18)17(11(2)3)10-12-8-5-6-9-16-12/h5-6,8-9,11,13H,4,7,10,15H2,1-3H3. The highest BCUT2D eigenvalue weighted by Gasteiger charge is 2.22. The predicted octanol–water partition coefficient (Wildman–Crippen LogP) is 1.95. The van der Waals surface area contributed by atoms with E-state index in [0.29, 0.717) is 6.54 Å². The van der Waals surface area contributed by atoms with Gasteiger partial charge in [-0.25, -0.2) is 0 Å². The summed E-state index contributed by atoms with van der Waals surface area (Å²) in [6.07, 6.45) is 3.39. The Morgan fingerprint density at radius 1 is 1.44 bits per heavy atom. The average molecular weight is 249 g/mol. The second-order valence-electron chi connectivity index (χ2n) is 4.78. The fraction of sp³-hybridized carbons (Fsp3) is 0.571. The number of carbonyl (C=O) groups is 1. The molecule has 0 aromatic carbocycles. The third-order valence-electron chi connectivity index (χ3n) is 2.88. The quantitative estimate of drug-likeness (QED) is 0.838. The Balaban J connectivity index is 2.74. The van der Waals surface area contributed by atoms with Crippen molar-refractivity contribution in [3.8, 4) is 0 Å². The van der Waals surface area contributed by atoms with E-state index in [1.165, 1.54) is 0 Å². The molecule has 0 aliphatic carbocycles. The summed E-state index contributed by atoms with van der Waals surface area (Å²) >= 11 is 0. The summed E-state index contributed by atoms with van der Waals surface area (Å²) in [7, 11) is 0. The van der Waals surface area contributed by atoms with Gasteiger partial charge in [-0.15, -0.1) is 0 Å². The van der Waals surface area contributed by atoms with E-state index < -0.39 is 6.04 Å². The van der Waals surface area contributed by atoms with Crippen LogP contribution in [0.25, 0.3) is 0 Å². The van der Waals surface area contributed by atoms with E-state index in [4.69, 9.17) is 5.73 Å². The van der Waals surface area contributed by atoms with E-state index in [2.05, 4.69) is 4.98 Å². The number of pyridine rings is 1. The minimum atomic E-state index is -0.402. The second kappa shape index (κ2) is 7.11. The number of aromatic nitrogens is 1. The highest BCUT2D eigenvalue weighted by atomic mass is 16.2. The molecule has 4 nitrogen and oxygen atoms in total. The summed E-state index contributed by atoms with van der Waals surface area (Å²) < 4.78 is 0. The van der Waals surface area contributed by atoms with Crippen LogP contribution in [0.15, 0.2) is 24.4 Å². The normalized spacial score (nSPS) is 12.5. The average Bonchev–Trinajstić information content (AvgIpc) is 2.36. The molecule has 1 rings (SSSR count). The van der Waals surface area contributed by atoms with Gasteiger partial charge in [-0.3, -0.25) is 9.78 Å². The van der Waals surface area contributed by atoms with E-state index in [9.17, 15) is 4.79 Å². The zero-order valence-electron chi connectivity index (χ0n) is 11.5. The third kappa shape index (κ3) is 4.11. The Morgan fingerprint density at radius 3 is 2.67 bits per heavy atom. The van der Waals surface area contributed by atoms with Crippen molar-refractivity contribution in [2.24, 2.45) is 5.73 Å². The van der Waals surface area contributed by atoms with Crippen LogP contribution in [0.4, 0.5) is 0 Å². The molecular formula is C14H23N3O. The van der Waals surface area contributed by atoms with E-state index in [1.807, 2.05) is 39.0 Å². The maximum absolute atomic E-state index is 12.3. The van der Waals surface area contributed by atoms with E-state index in [0.717, 1.165) is 18.5 Å². The first-order valence-electron chi connectivity index (χ1n) is 6.52. The maximum Gasteiger partial charge on any atom is 0.240 e. The molecule has 0 bridgehead atoms. The van der Waals surface area contributed by atoms with Crippen molar-refractivity contribution in [3.63, 3.8) is 0 Å². The van der Waals surface area contributed by atoms with Gasteiger partial charge in [0.1, 0.15) is 0 Å². The summed E-state index contributed by atoms with van der Waals surface area (Å²) in [4.78, 5) is 18.3. The molecule has 0 saturated carbocycles. The first-order chi connectivity index (χ1) is 8.56. The molecule has 18 heavy (non-hydrogen) atoms. The van der Waals surface area contributed by atoms with Gasteiger partial charge in [-0.1, -0.05) is 19.4 Å². The lowest BCUT2D eigenvalue weighted by Gasteiger charge is -2.29. The molecule has 2 N–H and O–H groups in total. The lowest BCUT2D eigenvalue weighted by atomic mass is 10.1. The summed E-state index contributed by atoms with van der Waals surface area (Å²) in [6.45, 7) is 6.55. The highest BCUT2D eigenvalue weighted by molar-refractivity contribution is 5.81. The van der Waals surface area contributed by atoms with Crippen LogP contribution in [0, 0.1) is 0 Å². The molecule has 1 atom stereocenters. The van der Waals surface area contributed by atoms with Crippen molar-refractivity contribution in [1.82, 2.24) is 9.88 Å². The van der Waals surface area contributed by atoms with Gasteiger partial charge in [0.2, 0.25) is 5.91 Å². The minimum absolute atomic E-state index is 0.0116. The van der Waals surface area contributed by atoms with Gasteiger partial charge in [0, 0.05) is 12.2 Å². The number of amides is 1. The summed E-state index contributed by atoms with van der Waals surface area (Å²) in [5, 5.41) is 0. The monoisotopic (exact) mass is 249 g/mol. The van der Waals surface area contributed by atoms with Crippen molar-refractivity contribution < 1.29 is 4.79 Å². The van der Waals surface area contributed by atoms with Gasteiger partial charge in [0.25, 0.3) is 0 Å². The van der Waals surface area contributed by atoms with Crippen molar-refractivity contribution in [3.05, 3.63) is 30.1 Å². The molecule has 100 valence electrons. The van der Waals surface area contributed by atoms with Gasteiger partial charge in [0.15, 0.2) is 0 Å². The zero-order valence-corrected chi connectivity index (χ0v) is 11.5. The Morgan fingerprint density at radius 2 is 2.17 bits per heavy atom. The Kier molecular flexibility index (Phi) is 5.78. The van der Waals surface area contributed by atoms with Crippen LogP contribution in [0.5, 0.6) is 0 Å². The third-order valence-corrected chi connectivity index (χ3v) is 2.88. The summed E-state index contributed by atoms with van der Waals surface area (Å²) in [6, 6.07) is 5.45. The van der Waals surface area contributed by atoms with Gasteiger partial charge in [-0.2, -0.15) is 0 Å². The molecule has 1 amide bonds. The molecule has 0 radical (unpaired) electrons. The van der Waals surface area contributed by atoms with Crippen molar-refractivity contribution >= 4 is 5.91 Å². The maximum atomic E-state index is 12.3. The van der Waals surface area contributed by atoms with Crippen LogP contribution in [0.3, 0.4) is 0 Å². The molecule has 1 heterocycles. The Bertz CT molecular complexity index is 365.